The fourth-order valence-corrected chi connectivity index (χ4v) is 1.23. The molecule has 5 heteroatoms. The highest BCUT2D eigenvalue weighted by Crippen LogP contribution is 2.18. The standard InChI is InChI=1S/C7H11NO4/c1-4(2)5-6(9)12-3-8(5)7(10)11/h4-5H,3H2,1-2H3,(H,10,11). The van der Waals surface area contributed by atoms with Crippen LogP contribution in [0.4, 0.5) is 4.79 Å². The van der Waals surface area contributed by atoms with Crippen LogP contribution in [-0.4, -0.2) is 34.8 Å². The molecule has 0 saturated carbocycles. The quantitative estimate of drug-likeness (QED) is 0.586. The minimum absolute atomic E-state index is 0.0453. The van der Waals surface area contributed by atoms with Crippen molar-refractivity contribution < 1.29 is 19.4 Å². The van der Waals surface area contributed by atoms with Crippen LogP contribution in [0.1, 0.15) is 13.8 Å². The molecule has 0 aromatic rings. The minimum Gasteiger partial charge on any atom is -0.465 e. The Morgan fingerprint density at radius 1 is 1.75 bits per heavy atom. The molecule has 0 radical (unpaired) electrons. The molecule has 1 heterocycles. The topological polar surface area (TPSA) is 66.8 Å². The van der Waals surface area contributed by atoms with Crippen molar-refractivity contribution >= 4 is 12.1 Å². The molecule has 5 nitrogen and oxygen atoms in total. The fraction of sp³-hybridized carbons (Fsp3) is 0.714. The normalized spacial score (nSPS) is 23.1. The Balaban J connectivity index is 2.77. The predicted molar refractivity (Wildman–Crippen MR) is 39.4 cm³/mol. The average Bonchev–Trinajstić information content (AvgIpc) is 2.30. The van der Waals surface area contributed by atoms with E-state index < -0.39 is 18.1 Å². The summed E-state index contributed by atoms with van der Waals surface area (Å²) in [4.78, 5) is 22.6. The maximum Gasteiger partial charge on any atom is 0.410 e. The number of hydrogen-bond donors (Lipinski definition) is 1. The zero-order valence-electron chi connectivity index (χ0n) is 6.98. The Labute approximate surface area is 69.9 Å². The Kier molecular flexibility index (Phi) is 2.21. The van der Waals surface area contributed by atoms with Crippen LogP contribution in [0.5, 0.6) is 0 Å². The third kappa shape index (κ3) is 1.34. The van der Waals surface area contributed by atoms with Crippen molar-refractivity contribution in [2.45, 2.75) is 19.9 Å². The van der Waals surface area contributed by atoms with E-state index in [2.05, 4.69) is 4.74 Å². The summed E-state index contributed by atoms with van der Waals surface area (Å²) in [5, 5.41) is 8.64. The first-order valence-corrected chi connectivity index (χ1v) is 3.70. The molecule has 0 aromatic carbocycles. The molecule has 1 rings (SSSR count). The van der Waals surface area contributed by atoms with Gasteiger partial charge in [-0.25, -0.2) is 9.59 Å². The highest BCUT2D eigenvalue weighted by atomic mass is 16.6. The van der Waals surface area contributed by atoms with Crippen LogP contribution in [0.3, 0.4) is 0 Å². The van der Waals surface area contributed by atoms with Crippen LogP contribution in [0.15, 0.2) is 0 Å². The van der Waals surface area contributed by atoms with E-state index in [1.807, 2.05) is 0 Å². The molecule has 1 saturated heterocycles. The number of carbonyl (C=O) groups is 2. The van der Waals surface area contributed by atoms with Gasteiger partial charge < -0.3 is 9.84 Å². The van der Waals surface area contributed by atoms with Crippen LogP contribution in [0.2, 0.25) is 0 Å². The highest BCUT2D eigenvalue weighted by molar-refractivity contribution is 5.83. The number of hydrogen-bond acceptors (Lipinski definition) is 3. The number of cyclic esters (lactones) is 1. The van der Waals surface area contributed by atoms with Gasteiger partial charge in [-0.3, -0.25) is 4.90 Å². The van der Waals surface area contributed by atoms with Crippen molar-refractivity contribution in [3.63, 3.8) is 0 Å². The molecule has 0 aliphatic carbocycles. The Morgan fingerprint density at radius 3 is 2.67 bits per heavy atom. The lowest BCUT2D eigenvalue weighted by molar-refractivity contribution is -0.139. The molecule has 0 spiro atoms. The van der Waals surface area contributed by atoms with Crippen molar-refractivity contribution in [2.24, 2.45) is 5.92 Å². The maximum absolute atomic E-state index is 11.0. The van der Waals surface area contributed by atoms with E-state index in [-0.39, 0.29) is 12.6 Å². The van der Waals surface area contributed by atoms with Gasteiger partial charge in [-0.05, 0) is 5.92 Å². The van der Waals surface area contributed by atoms with Gasteiger partial charge in [0.15, 0.2) is 6.73 Å². The van der Waals surface area contributed by atoms with Gasteiger partial charge >= 0.3 is 12.1 Å². The minimum atomic E-state index is -1.11. The van der Waals surface area contributed by atoms with Gasteiger partial charge in [-0.2, -0.15) is 0 Å². The Hall–Kier alpha value is -1.26. The Bertz CT molecular complexity index is 213. The van der Waals surface area contributed by atoms with Crippen molar-refractivity contribution in [1.82, 2.24) is 4.90 Å². The smallest absolute Gasteiger partial charge is 0.410 e. The van der Waals surface area contributed by atoms with Crippen LogP contribution in [0.25, 0.3) is 0 Å². The summed E-state index contributed by atoms with van der Waals surface area (Å²) in [7, 11) is 0. The van der Waals surface area contributed by atoms with E-state index in [9.17, 15) is 9.59 Å². The molecule has 68 valence electrons. The molecule has 0 aromatic heterocycles. The zero-order valence-corrected chi connectivity index (χ0v) is 6.98. The van der Waals surface area contributed by atoms with E-state index in [0.717, 1.165) is 4.90 Å². The van der Waals surface area contributed by atoms with Gasteiger partial charge in [0.05, 0.1) is 0 Å². The summed E-state index contributed by atoms with van der Waals surface area (Å²) in [5.74, 6) is -0.497. The third-order valence-corrected chi connectivity index (χ3v) is 1.80. The summed E-state index contributed by atoms with van der Waals surface area (Å²) in [6.07, 6.45) is -1.11. The maximum atomic E-state index is 11.0. The lowest BCUT2D eigenvalue weighted by Crippen LogP contribution is -2.40. The molecular weight excluding hydrogens is 162 g/mol. The largest absolute Gasteiger partial charge is 0.465 e. The monoisotopic (exact) mass is 173 g/mol. The summed E-state index contributed by atoms with van der Waals surface area (Å²) in [6, 6.07) is -0.637. The summed E-state index contributed by atoms with van der Waals surface area (Å²) in [5.41, 5.74) is 0. The van der Waals surface area contributed by atoms with Crippen LogP contribution < -0.4 is 0 Å². The first-order chi connectivity index (χ1) is 5.54. The van der Waals surface area contributed by atoms with E-state index in [0.29, 0.717) is 0 Å². The lowest BCUT2D eigenvalue weighted by Gasteiger charge is -2.19. The number of nitrogens with zero attached hydrogens (tertiary/aromatic N) is 1. The van der Waals surface area contributed by atoms with Gasteiger partial charge in [-0.15, -0.1) is 0 Å². The van der Waals surface area contributed by atoms with E-state index in [4.69, 9.17) is 5.11 Å². The zero-order chi connectivity index (χ0) is 9.30. The second-order valence-electron chi connectivity index (χ2n) is 3.03. The van der Waals surface area contributed by atoms with Gasteiger partial charge in [0.1, 0.15) is 6.04 Å². The summed E-state index contributed by atoms with van der Waals surface area (Å²) < 4.78 is 4.61. The van der Waals surface area contributed by atoms with Crippen molar-refractivity contribution in [3.05, 3.63) is 0 Å². The van der Waals surface area contributed by atoms with Crippen LogP contribution in [-0.2, 0) is 9.53 Å². The molecule has 1 N–H and O–H groups in total. The van der Waals surface area contributed by atoms with Gasteiger partial charge in [-0.1, -0.05) is 13.8 Å². The summed E-state index contributed by atoms with van der Waals surface area (Å²) in [6.45, 7) is 3.43. The van der Waals surface area contributed by atoms with Crippen molar-refractivity contribution in [1.29, 1.82) is 0 Å². The van der Waals surface area contributed by atoms with Crippen molar-refractivity contribution in [2.75, 3.05) is 6.73 Å². The number of amides is 1. The number of rotatable bonds is 1. The molecule has 1 atom stereocenters. The van der Waals surface area contributed by atoms with Crippen LogP contribution >= 0.6 is 0 Å². The van der Waals surface area contributed by atoms with Gasteiger partial charge in [0.25, 0.3) is 0 Å². The molecule has 1 aliphatic heterocycles. The van der Waals surface area contributed by atoms with Gasteiger partial charge in [0.2, 0.25) is 0 Å². The SMILES string of the molecule is CC(C)C1C(=O)OCN1C(=O)O. The predicted octanol–water partition coefficient (Wildman–Crippen LogP) is 0.505. The molecule has 12 heavy (non-hydrogen) atoms. The average molecular weight is 173 g/mol. The Morgan fingerprint density at radius 2 is 2.33 bits per heavy atom. The first-order valence-electron chi connectivity index (χ1n) is 3.70. The second kappa shape index (κ2) is 3.00. The van der Waals surface area contributed by atoms with E-state index in [1.165, 1.54) is 0 Å². The lowest BCUT2D eigenvalue weighted by atomic mass is 10.0. The highest BCUT2D eigenvalue weighted by Gasteiger charge is 2.39. The summed E-state index contributed by atoms with van der Waals surface area (Å²) >= 11 is 0. The number of esters is 1. The number of carboxylic acid groups (broad SMARTS) is 1. The molecule has 1 unspecified atom stereocenters. The first kappa shape index (κ1) is 8.83. The van der Waals surface area contributed by atoms with Crippen molar-refractivity contribution in [3.8, 4) is 0 Å². The number of ether oxygens (including phenoxy) is 1. The second-order valence-corrected chi connectivity index (χ2v) is 3.03. The van der Waals surface area contributed by atoms with E-state index in [1.54, 1.807) is 13.8 Å². The molecule has 1 aliphatic rings. The third-order valence-electron chi connectivity index (χ3n) is 1.80. The molecule has 1 fully saturated rings. The molecule has 1 amide bonds. The van der Waals surface area contributed by atoms with Gasteiger partial charge in [0, 0.05) is 0 Å². The fourth-order valence-electron chi connectivity index (χ4n) is 1.23. The number of carbonyl (C=O) groups excluding carboxylic acids is 1. The van der Waals surface area contributed by atoms with E-state index >= 15 is 0 Å². The molecule has 0 bridgehead atoms. The van der Waals surface area contributed by atoms with Crippen LogP contribution in [0, 0.1) is 5.92 Å². The molecular formula is C7H11NO4.